The van der Waals surface area contributed by atoms with Crippen molar-refractivity contribution in [2.75, 3.05) is 0 Å². The lowest BCUT2D eigenvalue weighted by Gasteiger charge is -2.08. The van der Waals surface area contributed by atoms with Crippen LogP contribution in [0.15, 0.2) is 82.7 Å². The number of sulfonamides is 1. The summed E-state index contributed by atoms with van der Waals surface area (Å²) in [5.41, 5.74) is 6.67. The van der Waals surface area contributed by atoms with Crippen LogP contribution in [-0.4, -0.2) is 14.4 Å². The number of hydrogen-bond donors (Lipinski definition) is 2. The second-order valence-electron chi connectivity index (χ2n) is 5.30. The number of hydrogen-bond acceptors (Lipinski definition) is 3. The van der Waals surface area contributed by atoms with Gasteiger partial charge in [-0.2, -0.15) is 0 Å². The fraction of sp³-hybridized carbons (Fsp3) is 0.0556. The maximum Gasteiger partial charge on any atom is 0.264 e. The van der Waals surface area contributed by atoms with Gasteiger partial charge in [-0.05, 0) is 28.5 Å². The highest BCUT2D eigenvalue weighted by atomic mass is 32.2. The Hall–Kier alpha value is -2.86. The summed E-state index contributed by atoms with van der Waals surface area (Å²) in [5, 5.41) is 1.82. The van der Waals surface area contributed by atoms with Gasteiger partial charge in [0.05, 0.1) is 11.4 Å². The van der Waals surface area contributed by atoms with E-state index in [1.807, 2.05) is 54.6 Å². The van der Waals surface area contributed by atoms with Crippen LogP contribution in [0.1, 0.15) is 5.56 Å². The van der Waals surface area contributed by atoms with Crippen LogP contribution >= 0.6 is 0 Å². The standard InChI is InChI=1S/C18H17N3O2S/c19-18(20-13-14-6-2-1-3-7-14)21-24(22,23)17-11-10-15-8-4-5-9-16(15)12-17/h1-12H,13H2,(H3,19,20,21). The van der Waals surface area contributed by atoms with Crippen LogP contribution in [-0.2, 0) is 16.6 Å². The van der Waals surface area contributed by atoms with E-state index in [2.05, 4.69) is 9.71 Å². The molecule has 0 heterocycles. The van der Waals surface area contributed by atoms with Gasteiger partial charge in [-0.15, -0.1) is 0 Å². The van der Waals surface area contributed by atoms with Crippen molar-refractivity contribution in [2.24, 2.45) is 10.7 Å². The van der Waals surface area contributed by atoms with Crippen molar-refractivity contribution in [3.8, 4) is 0 Å². The molecule has 0 aliphatic carbocycles. The summed E-state index contributed by atoms with van der Waals surface area (Å²) in [6.07, 6.45) is 0. The van der Waals surface area contributed by atoms with Crippen LogP contribution < -0.4 is 10.5 Å². The molecule has 0 radical (unpaired) electrons. The minimum atomic E-state index is -3.76. The lowest BCUT2D eigenvalue weighted by molar-refractivity contribution is 0.592. The Bertz CT molecular complexity index is 983. The normalized spacial score (nSPS) is 12.2. The molecular formula is C18H17N3O2S. The average Bonchev–Trinajstić information content (AvgIpc) is 2.60. The SMILES string of the molecule is NC(=NCc1ccccc1)NS(=O)(=O)c1ccc2ccccc2c1. The maximum atomic E-state index is 12.4. The van der Waals surface area contributed by atoms with Gasteiger partial charge in [-0.1, -0.05) is 60.7 Å². The molecule has 24 heavy (non-hydrogen) atoms. The Morgan fingerprint density at radius 2 is 1.58 bits per heavy atom. The smallest absolute Gasteiger partial charge is 0.264 e. The van der Waals surface area contributed by atoms with Crippen LogP contribution in [0.5, 0.6) is 0 Å². The fourth-order valence-electron chi connectivity index (χ4n) is 2.32. The van der Waals surface area contributed by atoms with E-state index in [9.17, 15) is 8.42 Å². The van der Waals surface area contributed by atoms with Gasteiger partial charge in [0.2, 0.25) is 5.96 Å². The molecule has 0 fully saturated rings. The van der Waals surface area contributed by atoms with Crippen LogP contribution in [0.25, 0.3) is 10.8 Å². The summed E-state index contributed by atoms with van der Waals surface area (Å²) in [6.45, 7) is 0.312. The van der Waals surface area contributed by atoms with E-state index in [4.69, 9.17) is 5.73 Å². The van der Waals surface area contributed by atoms with Crippen molar-refractivity contribution in [2.45, 2.75) is 11.4 Å². The molecule has 0 saturated carbocycles. The largest absolute Gasteiger partial charge is 0.369 e. The third-order valence-electron chi connectivity index (χ3n) is 3.54. The van der Waals surface area contributed by atoms with Gasteiger partial charge in [0.15, 0.2) is 0 Å². The summed E-state index contributed by atoms with van der Waals surface area (Å²) >= 11 is 0. The molecule has 0 bridgehead atoms. The van der Waals surface area contributed by atoms with Crippen molar-refractivity contribution in [3.05, 3.63) is 78.4 Å². The van der Waals surface area contributed by atoms with E-state index in [-0.39, 0.29) is 10.9 Å². The first-order chi connectivity index (χ1) is 11.5. The van der Waals surface area contributed by atoms with E-state index in [1.54, 1.807) is 18.2 Å². The monoisotopic (exact) mass is 339 g/mol. The van der Waals surface area contributed by atoms with E-state index in [1.165, 1.54) is 0 Å². The van der Waals surface area contributed by atoms with Crippen molar-refractivity contribution < 1.29 is 8.42 Å². The van der Waals surface area contributed by atoms with Crippen molar-refractivity contribution in [1.29, 1.82) is 0 Å². The Balaban J connectivity index is 1.79. The number of benzene rings is 3. The number of nitrogens with one attached hydrogen (secondary N) is 1. The Morgan fingerprint density at radius 3 is 2.33 bits per heavy atom. The molecule has 0 spiro atoms. The third kappa shape index (κ3) is 3.72. The van der Waals surface area contributed by atoms with Crippen LogP contribution in [0.2, 0.25) is 0 Å². The van der Waals surface area contributed by atoms with Gasteiger partial charge in [-0.3, -0.25) is 0 Å². The molecule has 0 aliphatic heterocycles. The van der Waals surface area contributed by atoms with E-state index < -0.39 is 10.0 Å². The minimum Gasteiger partial charge on any atom is -0.369 e. The van der Waals surface area contributed by atoms with Gasteiger partial charge >= 0.3 is 0 Å². The number of guanidine groups is 1. The Morgan fingerprint density at radius 1 is 0.917 bits per heavy atom. The molecule has 0 amide bonds. The number of fused-ring (bicyclic) bond motifs is 1. The van der Waals surface area contributed by atoms with Crippen LogP contribution in [0, 0.1) is 0 Å². The molecule has 3 aromatic rings. The third-order valence-corrected chi connectivity index (χ3v) is 4.90. The predicted molar refractivity (Wildman–Crippen MR) is 96.0 cm³/mol. The second kappa shape index (κ2) is 6.72. The molecule has 6 heteroatoms. The van der Waals surface area contributed by atoms with Gasteiger partial charge in [0.1, 0.15) is 0 Å². The highest BCUT2D eigenvalue weighted by Crippen LogP contribution is 2.18. The van der Waals surface area contributed by atoms with Gasteiger partial charge in [0, 0.05) is 0 Å². The molecule has 0 aromatic heterocycles. The zero-order chi connectivity index (χ0) is 17.0. The van der Waals surface area contributed by atoms with Gasteiger partial charge in [0.25, 0.3) is 10.0 Å². The van der Waals surface area contributed by atoms with Crippen molar-refractivity contribution in [1.82, 2.24) is 4.72 Å². The molecule has 5 nitrogen and oxygen atoms in total. The zero-order valence-corrected chi connectivity index (χ0v) is 13.7. The van der Waals surface area contributed by atoms with Gasteiger partial charge < -0.3 is 5.73 Å². The molecule has 0 aliphatic rings. The maximum absolute atomic E-state index is 12.4. The zero-order valence-electron chi connectivity index (χ0n) is 12.9. The summed E-state index contributed by atoms with van der Waals surface area (Å²) in [4.78, 5) is 4.22. The summed E-state index contributed by atoms with van der Waals surface area (Å²) in [6, 6.07) is 22.0. The van der Waals surface area contributed by atoms with Crippen LogP contribution in [0.3, 0.4) is 0 Å². The number of rotatable bonds is 4. The quantitative estimate of drug-likeness (QED) is 0.566. The second-order valence-corrected chi connectivity index (χ2v) is 6.98. The van der Waals surface area contributed by atoms with E-state index in [0.29, 0.717) is 6.54 Å². The van der Waals surface area contributed by atoms with Crippen molar-refractivity contribution in [3.63, 3.8) is 0 Å². The summed E-state index contributed by atoms with van der Waals surface area (Å²) in [5.74, 6) is -0.132. The first-order valence-corrected chi connectivity index (χ1v) is 8.88. The predicted octanol–water partition coefficient (Wildman–Crippen LogP) is 2.63. The molecular weight excluding hydrogens is 322 g/mol. The molecule has 3 rings (SSSR count). The Kier molecular flexibility index (Phi) is 4.48. The molecule has 0 atom stereocenters. The average molecular weight is 339 g/mol. The van der Waals surface area contributed by atoms with Gasteiger partial charge in [-0.25, -0.2) is 18.1 Å². The van der Waals surface area contributed by atoms with Crippen molar-refractivity contribution >= 4 is 26.8 Å². The molecule has 122 valence electrons. The highest BCUT2D eigenvalue weighted by Gasteiger charge is 2.15. The first-order valence-electron chi connectivity index (χ1n) is 7.40. The lowest BCUT2D eigenvalue weighted by atomic mass is 10.1. The fourth-order valence-corrected chi connectivity index (χ4v) is 3.31. The minimum absolute atomic E-state index is 0.132. The van der Waals surface area contributed by atoms with Crippen LogP contribution in [0.4, 0.5) is 0 Å². The number of aliphatic imine (C=N–C) groups is 1. The summed E-state index contributed by atoms with van der Waals surface area (Å²) in [7, 11) is -3.76. The Labute approximate surface area is 140 Å². The highest BCUT2D eigenvalue weighted by molar-refractivity contribution is 7.90. The lowest BCUT2D eigenvalue weighted by Crippen LogP contribution is -2.36. The number of nitrogens with zero attached hydrogens (tertiary/aromatic N) is 1. The molecule has 0 unspecified atom stereocenters. The first kappa shape index (κ1) is 16.0. The molecule has 3 N–H and O–H groups in total. The molecule has 3 aromatic carbocycles. The molecule has 0 saturated heterocycles. The summed E-state index contributed by atoms with van der Waals surface area (Å²) < 4.78 is 27.2. The van der Waals surface area contributed by atoms with E-state index >= 15 is 0 Å². The topological polar surface area (TPSA) is 84.5 Å². The van der Waals surface area contributed by atoms with E-state index in [0.717, 1.165) is 16.3 Å². The number of nitrogens with two attached hydrogens (primary N) is 1.